The molecule has 2 bridgehead atoms. The maximum absolute atomic E-state index is 11.6. The van der Waals surface area contributed by atoms with Crippen LogP contribution in [0.1, 0.15) is 48.0 Å². The van der Waals surface area contributed by atoms with Crippen molar-refractivity contribution in [2.45, 2.75) is 43.3 Å². The predicted octanol–water partition coefficient (Wildman–Crippen LogP) is 2.31. The van der Waals surface area contributed by atoms with E-state index >= 15 is 0 Å². The van der Waals surface area contributed by atoms with Gasteiger partial charge in [0, 0.05) is 44.1 Å². The Hall–Kier alpha value is -1.14. The highest BCUT2D eigenvalue weighted by Crippen LogP contribution is 2.52. The second kappa shape index (κ2) is 7.12. The highest BCUT2D eigenvalue weighted by Gasteiger charge is 2.54. The number of likely N-dealkylation sites (tertiary alicyclic amines) is 1. The van der Waals surface area contributed by atoms with Gasteiger partial charge in [-0.15, -0.1) is 12.4 Å². The lowest BCUT2D eigenvalue weighted by Crippen LogP contribution is -2.60. The van der Waals surface area contributed by atoms with Crippen molar-refractivity contribution in [2.24, 2.45) is 17.6 Å². The average molecular weight is 381 g/mol. The van der Waals surface area contributed by atoms with Gasteiger partial charge in [0.1, 0.15) is 5.60 Å². The van der Waals surface area contributed by atoms with E-state index in [2.05, 4.69) is 11.0 Å². The summed E-state index contributed by atoms with van der Waals surface area (Å²) in [5.74, 6) is 0.345. The molecule has 6 heteroatoms. The van der Waals surface area contributed by atoms with Crippen LogP contribution < -0.4 is 5.73 Å². The molecule has 0 radical (unpaired) electrons. The second-order valence-corrected chi connectivity index (χ2v) is 8.19. The molecule has 26 heavy (non-hydrogen) atoms. The molecule has 3 aliphatic rings. The fourth-order valence-electron chi connectivity index (χ4n) is 5.21. The van der Waals surface area contributed by atoms with Crippen molar-refractivity contribution in [3.8, 4) is 0 Å². The number of fused-ring (bicyclic) bond motifs is 2. The SMILES string of the molecule is CO[C@@]1(c2cccc(C(N)=O)c2)[C@@H]2CCC[C@H]1CN(CC1(O)CC1)C2.Cl. The van der Waals surface area contributed by atoms with E-state index in [1.807, 2.05) is 12.1 Å². The number of carbonyl (C=O) groups is 1. The van der Waals surface area contributed by atoms with Crippen molar-refractivity contribution in [3.63, 3.8) is 0 Å². The monoisotopic (exact) mass is 380 g/mol. The van der Waals surface area contributed by atoms with Crippen LogP contribution in [-0.4, -0.2) is 48.3 Å². The average Bonchev–Trinajstić information content (AvgIpc) is 3.31. The standard InChI is InChI=1S/C20H28N2O3.ClH/c1-25-20(15-5-2-4-14(10-15)18(21)23)16-6-3-7-17(20)12-22(11-16)13-19(24)8-9-19;/h2,4-5,10,16-17,24H,3,6-9,11-13H2,1H3,(H2,21,23);1H/t16-,17+,20+;. The summed E-state index contributed by atoms with van der Waals surface area (Å²) in [4.78, 5) is 14.1. The zero-order valence-corrected chi connectivity index (χ0v) is 16.1. The van der Waals surface area contributed by atoms with E-state index in [9.17, 15) is 9.90 Å². The molecular weight excluding hydrogens is 352 g/mol. The molecule has 1 saturated heterocycles. The number of carbonyl (C=O) groups excluding carboxylic acids is 1. The molecule has 144 valence electrons. The van der Waals surface area contributed by atoms with Gasteiger partial charge >= 0.3 is 0 Å². The third-order valence-electron chi connectivity index (χ3n) is 6.56. The zero-order valence-electron chi connectivity index (χ0n) is 15.3. The van der Waals surface area contributed by atoms with Crippen molar-refractivity contribution in [1.29, 1.82) is 0 Å². The first-order valence-electron chi connectivity index (χ1n) is 9.37. The maximum atomic E-state index is 11.6. The summed E-state index contributed by atoms with van der Waals surface area (Å²) in [6, 6.07) is 7.67. The first kappa shape index (κ1) is 19.6. The molecule has 1 heterocycles. The van der Waals surface area contributed by atoms with E-state index in [-0.39, 0.29) is 18.0 Å². The van der Waals surface area contributed by atoms with Crippen LogP contribution in [0.15, 0.2) is 24.3 Å². The lowest BCUT2D eigenvalue weighted by atomic mass is 9.62. The molecule has 3 N–H and O–H groups in total. The van der Waals surface area contributed by atoms with Crippen LogP contribution in [0, 0.1) is 11.8 Å². The number of benzene rings is 1. The number of β-amino-alcohol motifs (C(OH)–C–C–N with tert-alkyl or cyclic N) is 1. The number of aliphatic hydroxyl groups is 1. The van der Waals surface area contributed by atoms with Gasteiger partial charge in [-0.25, -0.2) is 0 Å². The van der Waals surface area contributed by atoms with E-state index in [1.54, 1.807) is 13.2 Å². The summed E-state index contributed by atoms with van der Waals surface area (Å²) >= 11 is 0. The van der Waals surface area contributed by atoms with Crippen LogP contribution in [0.4, 0.5) is 0 Å². The van der Waals surface area contributed by atoms with Gasteiger partial charge in [-0.05, 0) is 43.4 Å². The molecule has 1 aliphatic heterocycles. The minimum absolute atomic E-state index is 0. The molecule has 3 atom stereocenters. The number of hydrogen-bond donors (Lipinski definition) is 2. The lowest BCUT2D eigenvalue weighted by molar-refractivity contribution is -0.172. The number of primary amides is 1. The summed E-state index contributed by atoms with van der Waals surface area (Å²) in [6.07, 6.45) is 5.29. The van der Waals surface area contributed by atoms with Gasteiger partial charge in [0.05, 0.1) is 5.60 Å². The summed E-state index contributed by atoms with van der Waals surface area (Å²) < 4.78 is 6.22. The third-order valence-corrected chi connectivity index (χ3v) is 6.56. The van der Waals surface area contributed by atoms with Gasteiger partial charge < -0.3 is 15.6 Å². The van der Waals surface area contributed by atoms with E-state index in [0.717, 1.165) is 50.9 Å². The minimum atomic E-state index is -0.451. The van der Waals surface area contributed by atoms with Crippen molar-refractivity contribution < 1.29 is 14.6 Å². The Morgan fingerprint density at radius 1 is 1.31 bits per heavy atom. The number of amides is 1. The Morgan fingerprint density at radius 3 is 2.50 bits per heavy atom. The molecule has 2 aliphatic carbocycles. The number of hydrogen-bond acceptors (Lipinski definition) is 4. The normalized spacial score (nSPS) is 32.5. The molecule has 3 fully saturated rings. The van der Waals surface area contributed by atoms with Crippen LogP contribution in [0.3, 0.4) is 0 Å². The molecule has 1 amide bonds. The van der Waals surface area contributed by atoms with E-state index in [0.29, 0.717) is 17.4 Å². The fourth-order valence-corrected chi connectivity index (χ4v) is 5.21. The summed E-state index contributed by atoms with van der Waals surface area (Å²) in [7, 11) is 1.80. The molecule has 1 aromatic carbocycles. The number of nitrogens with zero attached hydrogens (tertiary/aromatic N) is 1. The lowest BCUT2D eigenvalue weighted by Gasteiger charge is -2.55. The quantitative estimate of drug-likeness (QED) is 0.821. The van der Waals surface area contributed by atoms with Crippen molar-refractivity contribution >= 4 is 18.3 Å². The van der Waals surface area contributed by atoms with Crippen LogP contribution in [-0.2, 0) is 10.3 Å². The topological polar surface area (TPSA) is 75.8 Å². The van der Waals surface area contributed by atoms with Gasteiger partial charge in [0.2, 0.25) is 5.91 Å². The predicted molar refractivity (Wildman–Crippen MR) is 102 cm³/mol. The number of rotatable bonds is 5. The van der Waals surface area contributed by atoms with E-state index < -0.39 is 11.5 Å². The van der Waals surface area contributed by atoms with Gasteiger partial charge in [-0.2, -0.15) is 0 Å². The molecule has 5 nitrogen and oxygen atoms in total. The van der Waals surface area contributed by atoms with Crippen LogP contribution in [0.2, 0.25) is 0 Å². The van der Waals surface area contributed by atoms with Crippen molar-refractivity contribution in [1.82, 2.24) is 4.90 Å². The summed E-state index contributed by atoms with van der Waals surface area (Å²) in [5, 5.41) is 10.3. The second-order valence-electron chi connectivity index (χ2n) is 8.19. The highest BCUT2D eigenvalue weighted by atomic mass is 35.5. The van der Waals surface area contributed by atoms with Crippen LogP contribution in [0.5, 0.6) is 0 Å². The van der Waals surface area contributed by atoms with Crippen LogP contribution >= 0.6 is 12.4 Å². The molecule has 0 spiro atoms. The smallest absolute Gasteiger partial charge is 0.248 e. The number of halogens is 1. The Kier molecular flexibility index (Phi) is 5.37. The minimum Gasteiger partial charge on any atom is -0.389 e. The first-order valence-corrected chi connectivity index (χ1v) is 9.37. The number of methoxy groups -OCH3 is 1. The summed E-state index contributed by atoms with van der Waals surface area (Å²) in [5.41, 5.74) is 6.31. The Morgan fingerprint density at radius 2 is 1.96 bits per heavy atom. The van der Waals surface area contributed by atoms with Crippen molar-refractivity contribution in [3.05, 3.63) is 35.4 Å². The largest absolute Gasteiger partial charge is 0.389 e. The maximum Gasteiger partial charge on any atom is 0.248 e. The third kappa shape index (κ3) is 3.26. The molecule has 0 unspecified atom stereocenters. The number of ether oxygens (including phenoxy) is 1. The molecule has 0 aromatic heterocycles. The number of piperidine rings is 1. The summed E-state index contributed by atoms with van der Waals surface area (Å²) in [6.45, 7) is 2.65. The zero-order chi connectivity index (χ0) is 17.7. The molecular formula is C20H29ClN2O3. The fraction of sp³-hybridized carbons (Fsp3) is 0.650. The van der Waals surface area contributed by atoms with Gasteiger partial charge in [-0.1, -0.05) is 18.6 Å². The van der Waals surface area contributed by atoms with Gasteiger partial charge in [0.15, 0.2) is 0 Å². The highest BCUT2D eigenvalue weighted by molar-refractivity contribution is 5.92. The van der Waals surface area contributed by atoms with E-state index in [1.165, 1.54) is 6.42 Å². The van der Waals surface area contributed by atoms with Gasteiger partial charge in [0.25, 0.3) is 0 Å². The molecule has 4 rings (SSSR count). The van der Waals surface area contributed by atoms with Gasteiger partial charge in [-0.3, -0.25) is 9.69 Å². The Labute approximate surface area is 161 Å². The van der Waals surface area contributed by atoms with Crippen molar-refractivity contribution in [2.75, 3.05) is 26.7 Å². The molecule has 1 aromatic rings. The molecule has 2 saturated carbocycles. The Bertz CT molecular complexity index is 663. The van der Waals surface area contributed by atoms with E-state index in [4.69, 9.17) is 10.5 Å². The number of nitrogens with two attached hydrogens (primary N) is 1. The Balaban J connectivity index is 0.00000196. The van der Waals surface area contributed by atoms with Crippen LogP contribution in [0.25, 0.3) is 0 Å². The first-order chi connectivity index (χ1) is 12.0.